The fourth-order valence-corrected chi connectivity index (χ4v) is 3.72. The Kier molecular flexibility index (Phi) is 7.33. The van der Waals surface area contributed by atoms with Crippen molar-refractivity contribution in [3.8, 4) is 5.75 Å². The summed E-state index contributed by atoms with van der Waals surface area (Å²) in [6.07, 6.45) is 1.63. The molecule has 0 aromatic heterocycles. The molecule has 1 atom stereocenters. The van der Waals surface area contributed by atoms with Gasteiger partial charge in [0.2, 0.25) is 5.91 Å². The molecule has 1 unspecified atom stereocenters. The number of carbonyl (C=O) groups excluding carboxylic acids is 2. The largest absolute Gasteiger partial charge is 0.492 e. The summed E-state index contributed by atoms with van der Waals surface area (Å²) in [5.41, 5.74) is 3.01. The normalized spacial score (nSPS) is 16.1. The Balaban J connectivity index is 1.48. The maximum absolute atomic E-state index is 12.9. The van der Waals surface area contributed by atoms with Crippen LogP contribution in [0.5, 0.6) is 5.75 Å². The fourth-order valence-electron chi connectivity index (χ4n) is 3.72. The van der Waals surface area contributed by atoms with Crippen LogP contribution >= 0.6 is 0 Å². The molecule has 30 heavy (non-hydrogen) atoms. The van der Waals surface area contributed by atoms with Crippen molar-refractivity contribution >= 4 is 17.6 Å². The summed E-state index contributed by atoms with van der Waals surface area (Å²) in [4.78, 5) is 29.0. The second-order valence-electron chi connectivity index (χ2n) is 8.01. The smallest absolute Gasteiger partial charge is 0.321 e. The number of urea groups is 1. The van der Waals surface area contributed by atoms with Gasteiger partial charge in [-0.3, -0.25) is 4.79 Å². The first kappa shape index (κ1) is 21.7. The summed E-state index contributed by atoms with van der Waals surface area (Å²) in [6.45, 7) is 6.08. The van der Waals surface area contributed by atoms with E-state index in [4.69, 9.17) is 4.74 Å². The van der Waals surface area contributed by atoms with Crippen LogP contribution in [0.3, 0.4) is 0 Å². The number of hydrogen-bond acceptors (Lipinski definition) is 3. The highest BCUT2D eigenvalue weighted by atomic mass is 16.5. The molecular weight excluding hydrogens is 378 g/mol. The van der Waals surface area contributed by atoms with E-state index in [2.05, 4.69) is 5.32 Å². The van der Waals surface area contributed by atoms with E-state index in [0.29, 0.717) is 26.2 Å². The molecule has 3 amide bonds. The van der Waals surface area contributed by atoms with E-state index >= 15 is 0 Å². The van der Waals surface area contributed by atoms with Crippen molar-refractivity contribution in [1.82, 2.24) is 9.80 Å². The minimum Gasteiger partial charge on any atom is -0.492 e. The molecule has 1 saturated heterocycles. The lowest BCUT2D eigenvalue weighted by Crippen LogP contribution is -2.47. The first-order valence-corrected chi connectivity index (χ1v) is 10.5. The summed E-state index contributed by atoms with van der Waals surface area (Å²) in [5, 5.41) is 2.94. The van der Waals surface area contributed by atoms with Gasteiger partial charge in [0.15, 0.2) is 0 Å². The summed E-state index contributed by atoms with van der Waals surface area (Å²) in [5.74, 6) is 0.703. The summed E-state index contributed by atoms with van der Waals surface area (Å²) < 4.78 is 5.76. The third kappa shape index (κ3) is 5.99. The van der Waals surface area contributed by atoms with E-state index in [1.165, 1.54) is 0 Å². The van der Waals surface area contributed by atoms with Crippen LogP contribution in [-0.2, 0) is 4.79 Å². The molecule has 0 spiro atoms. The third-order valence-corrected chi connectivity index (χ3v) is 5.39. The van der Waals surface area contributed by atoms with Crippen molar-refractivity contribution in [2.75, 3.05) is 38.6 Å². The van der Waals surface area contributed by atoms with Crippen molar-refractivity contribution in [3.63, 3.8) is 0 Å². The highest BCUT2D eigenvalue weighted by molar-refractivity contribution is 5.90. The highest BCUT2D eigenvalue weighted by Gasteiger charge is 2.30. The Morgan fingerprint density at radius 1 is 1.13 bits per heavy atom. The van der Waals surface area contributed by atoms with Gasteiger partial charge < -0.3 is 19.9 Å². The second kappa shape index (κ2) is 10.1. The Bertz CT molecular complexity index is 884. The monoisotopic (exact) mass is 409 g/mol. The van der Waals surface area contributed by atoms with Gasteiger partial charge in [-0.05, 0) is 62.1 Å². The number of ether oxygens (including phenoxy) is 1. The Morgan fingerprint density at radius 3 is 2.60 bits per heavy atom. The van der Waals surface area contributed by atoms with Crippen LogP contribution in [0.1, 0.15) is 24.0 Å². The molecule has 2 aromatic carbocycles. The van der Waals surface area contributed by atoms with Gasteiger partial charge in [-0.1, -0.05) is 24.3 Å². The molecule has 1 aliphatic rings. The standard InChI is InChI=1S/C24H31N3O3/c1-18-7-4-10-21(15-18)25-24(29)27-12-6-9-20(17-27)23(28)26(3)13-14-30-22-11-5-8-19(2)16-22/h4-5,7-8,10-11,15-16,20H,6,9,12-14,17H2,1-3H3,(H,25,29). The van der Waals surface area contributed by atoms with Gasteiger partial charge in [0.05, 0.1) is 12.5 Å². The molecule has 0 bridgehead atoms. The van der Waals surface area contributed by atoms with Crippen molar-refractivity contribution in [3.05, 3.63) is 59.7 Å². The number of likely N-dealkylation sites (N-methyl/N-ethyl adjacent to an activating group) is 1. The number of anilines is 1. The lowest BCUT2D eigenvalue weighted by atomic mass is 9.97. The van der Waals surface area contributed by atoms with Crippen LogP contribution in [-0.4, -0.2) is 55.0 Å². The van der Waals surface area contributed by atoms with Crippen molar-refractivity contribution < 1.29 is 14.3 Å². The Hall–Kier alpha value is -3.02. The van der Waals surface area contributed by atoms with Gasteiger partial charge in [-0.2, -0.15) is 0 Å². The topological polar surface area (TPSA) is 61.9 Å². The first-order chi connectivity index (χ1) is 14.4. The molecule has 0 saturated carbocycles. The number of rotatable bonds is 6. The van der Waals surface area contributed by atoms with Crippen molar-refractivity contribution in [2.45, 2.75) is 26.7 Å². The van der Waals surface area contributed by atoms with Crippen molar-refractivity contribution in [2.24, 2.45) is 5.92 Å². The summed E-state index contributed by atoms with van der Waals surface area (Å²) in [7, 11) is 1.80. The predicted molar refractivity (Wildman–Crippen MR) is 119 cm³/mol. The zero-order chi connectivity index (χ0) is 21.5. The van der Waals surface area contributed by atoms with Crippen LogP contribution in [0, 0.1) is 19.8 Å². The number of benzene rings is 2. The number of carbonyl (C=O) groups is 2. The van der Waals surface area contributed by atoms with Gasteiger partial charge in [0.25, 0.3) is 0 Å². The summed E-state index contributed by atoms with van der Waals surface area (Å²) in [6, 6.07) is 15.4. The molecule has 1 aliphatic heterocycles. The number of nitrogens with zero attached hydrogens (tertiary/aromatic N) is 2. The quantitative estimate of drug-likeness (QED) is 0.782. The minimum atomic E-state index is -0.175. The van der Waals surface area contributed by atoms with E-state index in [9.17, 15) is 9.59 Å². The SMILES string of the molecule is Cc1cccc(NC(=O)N2CCCC(C(=O)N(C)CCOc3cccc(C)c3)C2)c1. The zero-order valence-electron chi connectivity index (χ0n) is 18.1. The predicted octanol–water partition coefficient (Wildman–Crippen LogP) is 4.08. The Labute approximate surface area is 178 Å². The number of nitrogens with one attached hydrogen (secondary N) is 1. The molecule has 1 N–H and O–H groups in total. The molecular formula is C24H31N3O3. The lowest BCUT2D eigenvalue weighted by Gasteiger charge is -2.34. The number of amides is 3. The number of aryl methyl sites for hydroxylation is 2. The third-order valence-electron chi connectivity index (χ3n) is 5.39. The number of likely N-dealkylation sites (tertiary alicyclic amines) is 1. The molecule has 1 fully saturated rings. The molecule has 1 heterocycles. The molecule has 160 valence electrons. The van der Waals surface area contributed by atoms with Gasteiger partial charge in [-0.15, -0.1) is 0 Å². The second-order valence-corrected chi connectivity index (χ2v) is 8.01. The molecule has 6 nitrogen and oxygen atoms in total. The average Bonchev–Trinajstić information content (AvgIpc) is 2.73. The van der Waals surface area contributed by atoms with Crippen LogP contribution in [0.2, 0.25) is 0 Å². The molecule has 0 aliphatic carbocycles. The Morgan fingerprint density at radius 2 is 1.87 bits per heavy atom. The average molecular weight is 410 g/mol. The van der Waals surface area contributed by atoms with Crippen LogP contribution < -0.4 is 10.1 Å². The summed E-state index contributed by atoms with van der Waals surface area (Å²) >= 11 is 0. The van der Waals surface area contributed by atoms with Crippen LogP contribution in [0.25, 0.3) is 0 Å². The van der Waals surface area contributed by atoms with Gasteiger partial charge in [0, 0.05) is 25.8 Å². The molecule has 2 aromatic rings. The van der Waals surface area contributed by atoms with E-state index in [1.54, 1.807) is 16.8 Å². The van der Waals surface area contributed by atoms with E-state index in [0.717, 1.165) is 35.4 Å². The van der Waals surface area contributed by atoms with E-state index in [1.807, 2.05) is 62.4 Å². The number of hydrogen-bond donors (Lipinski definition) is 1. The first-order valence-electron chi connectivity index (χ1n) is 10.5. The zero-order valence-corrected chi connectivity index (χ0v) is 18.1. The van der Waals surface area contributed by atoms with Crippen LogP contribution in [0.4, 0.5) is 10.5 Å². The molecule has 0 radical (unpaired) electrons. The maximum Gasteiger partial charge on any atom is 0.321 e. The van der Waals surface area contributed by atoms with Gasteiger partial charge in [-0.25, -0.2) is 4.79 Å². The van der Waals surface area contributed by atoms with Gasteiger partial charge in [0.1, 0.15) is 12.4 Å². The molecule has 6 heteroatoms. The maximum atomic E-state index is 12.9. The van der Waals surface area contributed by atoms with Crippen LogP contribution in [0.15, 0.2) is 48.5 Å². The van der Waals surface area contributed by atoms with Crippen molar-refractivity contribution in [1.29, 1.82) is 0 Å². The van der Waals surface area contributed by atoms with Gasteiger partial charge >= 0.3 is 6.03 Å². The lowest BCUT2D eigenvalue weighted by molar-refractivity contribution is -0.135. The molecule has 3 rings (SSSR count). The highest BCUT2D eigenvalue weighted by Crippen LogP contribution is 2.20. The van der Waals surface area contributed by atoms with E-state index < -0.39 is 0 Å². The minimum absolute atomic E-state index is 0.0656. The number of piperidine rings is 1. The van der Waals surface area contributed by atoms with E-state index in [-0.39, 0.29) is 17.9 Å². The fraction of sp³-hybridized carbons (Fsp3) is 0.417.